The first-order valence-electron chi connectivity index (χ1n) is 7.28. The normalized spacial score (nSPS) is 11.7. The molecule has 3 N–H and O–H groups in total. The summed E-state index contributed by atoms with van der Waals surface area (Å²) in [6.45, 7) is 5.48. The van der Waals surface area contributed by atoms with Crippen LogP contribution in [-0.4, -0.2) is 33.8 Å². The first-order valence-corrected chi connectivity index (χ1v) is 7.28. The molecule has 0 unspecified atom stereocenters. The zero-order chi connectivity index (χ0) is 18.3. The molecule has 7 heteroatoms. The van der Waals surface area contributed by atoms with Crippen molar-refractivity contribution in [1.29, 1.82) is 0 Å². The van der Waals surface area contributed by atoms with Crippen molar-refractivity contribution in [3.05, 3.63) is 41.0 Å². The van der Waals surface area contributed by atoms with E-state index in [0.29, 0.717) is 5.56 Å². The maximum Gasteiger partial charge on any atom is 0.407 e. The molecule has 0 saturated heterocycles. The van der Waals surface area contributed by atoms with Gasteiger partial charge in [-0.3, -0.25) is 4.79 Å². The smallest absolute Gasteiger partial charge is 0.407 e. The lowest BCUT2D eigenvalue weighted by molar-refractivity contribution is -0.139. The first kappa shape index (κ1) is 19.2. The fourth-order valence-corrected chi connectivity index (χ4v) is 1.83. The number of nitrogens with one attached hydrogen (secondary N) is 1. The molecule has 1 aromatic carbocycles. The minimum Gasteiger partial charge on any atom is -0.481 e. The van der Waals surface area contributed by atoms with Crippen molar-refractivity contribution >= 4 is 24.1 Å². The van der Waals surface area contributed by atoms with Crippen LogP contribution in [0.3, 0.4) is 0 Å². The Morgan fingerprint density at radius 3 is 2.42 bits per heavy atom. The van der Waals surface area contributed by atoms with E-state index in [0.717, 1.165) is 5.56 Å². The molecule has 0 fully saturated rings. The number of amides is 1. The van der Waals surface area contributed by atoms with Crippen molar-refractivity contribution < 1.29 is 29.3 Å². The van der Waals surface area contributed by atoms with Gasteiger partial charge in [-0.05, 0) is 44.0 Å². The second kappa shape index (κ2) is 8.14. The number of rotatable bonds is 6. The Balaban J connectivity index is 2.81. The molecule has 24 heavy (non-hydrogen) atoms. The van der Waals surface area contributed by atoms with Gasteiger partial charge in [0, 0.05) is 12.1 Å². The summed E-state index contributed by atoms with van der Waals surface area (Å²) in [4.78, 5) is 33.4. The van der Waals surface area contributed by atoms with E-state index in [4.69, 9.17) is 14.9 Å². The van der Waals surface area contributed by atoms with Crippen LogP contribution in [0.2, 0.25) is 0 Å². The van der Waals surface area contributed by atoms with Crippen molar-refractivity contribution in [3.63, 3.8) is 0 Å². The number of carboxylic acids is 2. The molecular formula is C17H21NO6. The summed E-state index contributed by atoms with van der Waals surface area (Å²) in [5.41, 5.74) is 0.452. The Kier molecular flexibility index (Phi) is 6.52. The summed E-state index contributed by atoms with van der Waals surface area (Å²) in [6.07, 6.45) is 0.170. The molecule has 0 heterocycles. The molecule has 0 saturated carbocycles. The number of carbonyl (C=O) groups is 3. The van der Waals surface area contributed by atoms with Crippen LogP contribution in [0.1, 0.15) is 38.3 Å². The van der Waals surface area contributed by atoms with Crippen molar-refractivity contribution in [2.45, 2.75) is 39.3 Å². The van der Waals surface area contributed by atoms with Gasteiger partial charge in [0.25, 0.3) is 0 Å². The topological polar surface area (TPSA) is 113 Å². The maximum absolute atomic E-state index is 11.6. The molecule has 0 aromatic heterocycles. The first-order chi connectivity index (χ1) is 11.1. The quantitative estimate of drug-likeness (QED) is 0.689. The van der Waals surface area contributed by atoms with E-state index < -0.39 is 30.1 Å². The summed E-state index contributed by atoms with van der Waals surface area (Å²) in [5.74, 6) is -2.50. The lowest BCUT2D eigenvalue weighted by atomic mass is 10.1. The van der Waals surface area contributed by atoms with Crippen LogP contribution in [-0.2, 0) is 20.9 Å². The highest BCUT2D eigenvalue weighted by molar-refractivity contribution is 5.96. The summed E-state index contributed by atoms with van der Waals surface area (Å²) in [7, 11) is 0. The van der Waals surface area contributed by atoms with Crippen molar-refractivity contribution in [2.24, 2.45) is 0 Å². The van der Waals surface area contributed by atoms with Crippen LogP contribution >= 0.6 is 0 Å². The standard InChI is InChI=1S/C17H21NO6/c1-17(2,3)24-16(23)18-10-12-6-4-5-11(7-12)8-13(15(21)22)9-14(19)20/h4-8H,9-10H2,1-3H3,(H,18,23)(H,19,20)(H,21,22)/b13-8+. The SMILES string of the molecule is CC(C)(C)OC(=O)NCc1cccc(/C=C(\CC(=O)O)C(=O)O)c1. The van der Waals surface area contributed by atoms with Gasteiger partial charge in [-0.2, -0.15) is 0 Å². The number of alkyl carbamates (subject to hydrolysis) is 1. The van der Waals surface area contributed by atoms with Crippen LogP contribution in [0.15, 0.2) is 29.8 Å². The third-order valence-corrected chi connectivity index (χ3v) is 2.74. The zero-order valence-corrected chi connectivity index (χ0v) is 13.8. The largest absolute Gasteiger partial charge is 0.481 e. The Hall–Kier alpha value is -2.83. The van der Waals surface area contributed by atoms with Crippen LogP contribution in [0.25, 0.3) is 6.08 Å². The van der Waals surface area contributed by atoms with Crippen LogP contribution < -0.4 is 5.32 Å². The minimum absolute atomic E-state index is 0.206. The number of carbonyl (C=O) groups excluding carboxylic acids is 1. The van der Waals surface area contributed by atoms with E-state index in [-0.39, 0.29) is 12.1 Å². The van der Waals surface area contributed by atoms with Crippen molar-refractivity contribution in [1.82, 2.24) is 5.32 Å². The third-order valence-electron chi connectivity index (χ3n) is 2.74. The molecule has 0 aliphatic carbocycles. The van der Waals surface area contributed by atoms with Crippen molar-refractivity contribution in [2.75, 3.05) is 0 Å². The lowest BCUT2D eigenvalue weighted by Crippen LogP contribution is -2.32. The third kappa shape index (κ3) is 7.44. The molecule has 130 valence electrons. The number of benzene rings is 1. The van der Waals surface area contributed by atoms with Gasteiger partial charge in [0.05, 0.1) is 6.42 Å². The molecule has 0 atom stereocenters. The fraction of sp³-hybridized carbons (Fsp3) is 0.353. The molecular weight excluding hydrogens is 314 g/mol. The molecule has 0 aliphatic rings. The Morgan fingerprint density at radius 2 is 1.88 bits per heavy atom. The van der Waals surface area contributed by atoms with Gasteiger partial charge < -0.3 is 20.3 Å². The van der Waals surface area contributed by atoms with Crippen LogP contribution in [0.5, 0.6) is 0 Å². The van der Waals surface area contributed by atoms with Gasteiger partial charge in [-0.15, -0.1) is 0 Å². The monoisotopic (exact) mass is 335 g/mol. The summed E-state index contributed by atoms with van der Waals surface area (Å²) in [6, 6.07) is 6.77. The summed E-state index contributed by atoms with van der Waals surface area (Å²) >= 11 is 0. The van der Waals surface area contributed by atoms with E-state index in [9.17, 15) is 14.4 Å². The van der Waals surface area contributed by atoms with Gasteiger partial charge in [0.15, 0.2) is 0 Å². The molecule has 7 nitrogen and oxygen atoms in total. The number of hydrogen-bond donors (Lipinski definition) is 3. The number of aliphatic carboxylic acids is 2. The number of ether oxygens (including phenoxy) is 1. The second-order valence-corrected chi connectivity index (χ2v) is 6.15. The molecule has 1 amide bonds. The van der Waals surface area contributed by atoms with E-state index in [1.807, 2.05) is 0 Å². The molecule has 0 spiro atoms. The predicted octanol–water partition coefficient (Wildman–Crippen LogP) is 2.65. The summed E-state index contributed by atoms with van der Waals surface area (Å²) in [5, 5.41) is 20.4. The van der Waals surface area contributed by atoms with Gasteiger partial charge in [0.1, 0.15) is 5.60 Å². The van der Waals surface area contributed by atoms with E-state index in [1.165, 1.54) is 6.08 Å². The van der Waals surface area contributed by atoms with Gasteiger partial charge >= 0.3 is 18.0 Å². The molecule has 0 aliphatic heterocycles. The Bertz CT molecular complexity index is 657. The predicted molar refractivity (Wildman–Crippen MR) is 87.4 cm³/mol. The molecule has 1 rings (SSSR count). The minimum atomic E-state index is -1.28. The molecule has 1 aromatic rings. The van der Waals surface area contributed by atoms with Crippen LogP contribution in [0, 0.1) is 0 Å². The zero-order valence-electron chi connectivity index (χ0n) is 13.8. The average Bonchev–Trinajstić information content (AvgIpc) is 2.42. The fourth-order valence-electron chi connectivity index (χ4n) is 1.83. The molecule has 0 bridgehead atoms. The van der Waals surface area contributed by atoms with E-state index >= 15 is 0 Å². The number of carboxylic acid groups (broad SMARTS) is 2. The molecule has 0 radical (unpaired) electrons. The second-order valence-electron chi connectivity index (χ2n) is 6.15. The lowest BCUT2D eigenvalue weighted by Gasteiger charge is -2.19. The van der Waals surface area contributed by atoms with Crippen LogP contribution in [0.4, 0.5) is 4.79 Å². The summed E-state index contributed by atoms with van der Waals surface area (Å²) < 4.78 is 5.12. The van der Waals surface area contributed by atoms with Gasteiger partial charge in [-0.25, -0.2) is 9.59 Å². The Labute approximate surface area is 139 Å². The van der Waals surface area contributed by atoms with Gasteiger partial charge in [0.2, 0.25) is 0 Å². The Morgan fingerprint density at radius 1 is 1.21 bits per heavy atom. The maximum atomic E-state index is 11.6. The number of hydrogen-bond acceptors (Lipinski definition) is 4. The van der Waals surface area contributed by atoms with Gasteiger partial charge in [-0.1, -0.05) is 18.2 Å². The average molecular weight is 335 g/mol. The van der Waals surface area contributed by atoms with E-state index in [2.05, 4.69) is 5.32 Å². The highest BCUT2D eigenvalue weighted by atomic mass is 16.6. The van der Waals surface area contributed by atoms with Crippen molar-refractivity contribution in [3.8, 4) is 0 Å². The highest BCUT2D eigenvalue weighted by Gasteiger charge is 2.16. The van der Waals surface area contributed by atoms with E-state index in [1.54, 1.807) is 45.0 Å². The highest BCUT2D eigenvalue weighted by Crippen LogP contribution is 2.13.